The quantitative estimate of drug-likeness (QED) is 0.668. The molecule has 0 N–H and O–H groups in total. The molecule has 2 heterocycles. The van der Waals surface area contributed by atoms with Gasteiger partial charge in [-0.25, -0.2) is 4.90 Å². The van der Waals surface area contributed by atoms with E-state index in [1.54, 1.807) is 12.1 Å². The van der Waals surface area contributed by atoms with Crippen molar-refractivity contribution in [1.29, 1.82) is 0 Å². The Morgan fingerprint density at radius 3 is 2.06 bits per heavy atom. The molecule has 17 heavy (non-hydrogen) atoms. The van der Waals surface area contributed by atoms with Crippen LogP contribution in [0.3, 0.4) is 0 Å². The van der Waals surface area contributed by atoms with Crippen LogP contribution in [-0.4, -0.2) is 36.9 Å². The van der Waals surface area contributed by atoms with E-state index in [4.69, 9.17) is 0 Å². The summed E-state index contributed by atoms with van der Waals surface area (Å²) in [6.07, 6.45) is 0. The summed E-state index contributed by atoms with van der Waals surface area (Å²) in [6, 6.07) is 9.18. The normalized spacial score (nSPS) is 28.9. The Bertz CT molecular complexity index is 448. The molecule has 1 aromatic carbocycles. The number of hydrogen-bond donors (Lipinski definition) is 0. The molecule has 0 aliphatic carbocycles. The summed E-state index contributed by atoms with van der Waals surface area (Å²) in [7, 11) is 1.95. The van der Waals surface area contributed by atoms with Crippen molar-refractivity contribution in [3.63, 3.8) is 0 Å². The Labute approximate surface area is 99.8 Å². The van der Waals surface area contributed by atoms with E-state index in [1.807, 2.05) is 30.1 Å². The maximum atomic E-state index is 12.2. The van der Waals surface area contributed by atoms with E-state index in [1.165, 1.54) is 4.90 Å². The molecular weight excluding hydrogens is 216 g/mol. The summed E-state index contributed by atoms with van der Waals surface area (Å²) >= 11 is 0. The minimum atomic E-state index is -0.146. The number of benzene rings is 1. The minimum absolute atomic E-state index is 0.0458. The average Bonchev–Trinajstić information content (AvgIpc) is 2.81. The number of amides is 2. The van der Waals surface area contributed by atoms with Crippen molar-refractivity contribution in [1.82, 2.24) is 4.90 Å². The zero-order valence-corrected chi connectivity index (χ0v) is 9.67. The molecule has 4 nitrogen and oxygen atoms in total. The fourth-order valence-electron chi connectivity index (χ4n) is 2.77. The number of carbonyl (C=O) groups excluding carboxylic acids is 2. The molecule has 2 saturated heterocycles. The van der Waals surface area contributed by atoms with E-state index in [0.717, 1.165) is 0 Å². The van der Waals surface area contributed by atoms with E-state index in [0.29, 0.717) is 18.8 Å². The molecule has 0 bridgehead atoms. The van der Waals surface area contributed by atoms with Crippen molar-refractivity contribution in [3.8, 4) is 0 Å². The third-order valence-electron chi connectivity index (χ3n) is 3.59. The van der Waals surface area contributed by atoms with Gasteiger partial charge in [0.15, 0.2) is 0 Å². The highest BCUT2D eigenvalue weighted by molar-refractivity contribution is 6.22. The number of rotatable bonds is 1. The fraction of sp³-hybridized carbons (Fsp3) is 0.385. The largest absolute Gasteiger partial charge is 0.305 e. The van der Waals surface area contributed by atoms with Crippen LogP contribution in [0, 0.1) is 11.8 Å². The fourth-order valence-corrected chi connectivity index (χ4v) is 2.77. The molecule has 2 amide bonds. The van der Waals surface area contributed by atoms with Crippen LogP contribution in [0.25, 0.3) is 0 Å². The highest BCUT2D eigenvalue weighted by atomic mass is 16.2. The van der Waals surface area contributed by atoms with Crippen molar-refractivity contribution in [2.45, 2.75) is 0 Å². The van der Waals surface area contributed by atoms with Crippen molar-refractivity contribution in [3.05, 3.63) is 30.3 Å². The lowest BCUT2D eigenvalue weighted by Gasteiger charge is -2.17. The van der Waals surface area contributed by atoms with Gasteiger partial charge in [0.1, 0.15) is 0 Å². The minimum Gasteiger partial charge on any atom is -0.305 e. The van der Waals surface area contributed by atoms with Gasteiger partial charge in [0, 0.05) is 13.1 Å². The van der Waals surface area contributed by atoms with E-state index < -0.39 is 0 Å². The number of likely N-dealkylation sites (tertiary alicyclic amines) is 1. The van der Waals surface area contributed by atoms with Gasteiger partial charge in [-0.1, -0.05) is 18.2 Å². The number of anilines is 1. The molecule has 0 aromatic heterocycles. The van der Waals surface area contributed by atoms with Crippen molar-refractivity contribution >= 4 is 17.5 Å². The number of hydrogen-bond acceptors (Lipinski definition) is 3. The van der Waals surface area contributed by atoms with Gasteiger partial charge in [-0.15, -0.1) is 0 Å². The van der Waals surface area contributed by atoms with Crippen LogP contribution in [-0.2, 0) is 9.59 Å². The molecule has 0 spiro atoms. The molecule has 2 fully saturated rings. The summed E-state index contributed by atoms with van der Waals surface area (Å²) in [4.78, 5) is 27.8. The van der Waals surface area contributed by atoms with Crippen molar-refractivity contribution in [2.75, 3.05) is 25.0 Å². The van der Waals surface area contributed by atoms with Gasteiger partial charge in [0.05, 0.1) is 17.5 Å². The molecule has 0 saturated carbocycles. The Kier molecular flexibility index (Phi) is 2.26. The Morgan fingerprint density at radius 2 is 1.53 bits per heavy atom. The van der Waals surface area contributed by atoms with Gasteiger partial charge in [-0.3, -0.25) is 9.59 Å². The molecule has 0 radical (unpaired) electrons. The zero-order valence-electron chi connectivity index (χ0n) is 9.67. The summed E-state index contributed by atoms with van der Waals surface area (Å²) in [5.41, 5.74) is 0.694. The van der Waals surface area contributed by atoms with Gasteiger partial charge >= 0.3 is 0 Å². The zero-order chi connectivity index (χ0) is 12.0. The van der Waals surface area contributed by atoms with Crippen LogP contribution in [0.15, 0.2) is 30.3 Å². The Morgan fingerprint density at radius 1 is 1.00 bits per heavy atom. The molecule has 2 aliphatic heterocycles. The third-order valence-corrected chi connectivity index (χ3v) is 3.59. The number of imide groups is 1. The molecule has 1 aromatic rings. The van der Waals surface area contributed by atoms with Crippen LogP contribution >= 0.6 is 0 Å². The maximum Gasteiger partial charge on any atom is 0.239 e. The first kappa shape index (κ1) is 10.5. The van der Waals surface area contributed by atoms with E-state index >= 15 is 0 Å². The SMILES string of the molecule is CN1CC2C(=O)N(c3ccccc3)C(=O)C2C1. The van der Waals surface area contributed by atoms with E-state index in [9.17, 15) is 9.59 Å². The summed E-state index contributed by atoms with van der Waals surface area (Å²) < 4.78 is 0. The van der Waals surface area contributed by atoms with Crippen molar-refractivity contribution in [2.24, 2.45) is 11.8 Å². The van der Waals surface area contributed by atoms with Crippen molar-refractivity contribution < 1.29 is 9.59 Å². The molecule has 2 aliphatic rings. The predicted molar refractivity (Wildman–Crippen MR) is 63.4 cm³/mol. The molecule has 2 unspecified atom stereocenters. The molecular formula is C13H14N2O2. The van der Waals surface area contributed by atoms with E-state index in [2.05, 4.69) is 0 Å². The van der Waals surface area contributed by atoms with Crippen LogP contribution < -0.4 is 4.90 Å². The first-order valence-electron chi connectivity index (χ1n) is 5.80. The Hall–Kier alpha value is -1.68. The lowest BCUT2D eigenvalue weighted by molar-refractivity contribution is -0.123. The average molecular weight is 230 g/mol. The molecule has 2 atom stereocenters. The van der Waals surface area contributed by atoms with Gasteiger partial charge in [-0.2, -0.15) is 0 Å². The topological polar surface area (TPSA) is 40.6 Å². The number of carbonyl (C=O) groups is 2. The van der Waals surface area contributed by atoms with Gasteiger partial charge in [0.2, 0.25) is 11.8 Å². The maximum absolute atomic E-state index is 12.2. The third kappa shape index (κ3) is 1.48. The van der Waals surface area contributed by atoms with Gasteiger partial charge in [0.25, 0.3) is 0 Å². The van der Waals surface area contributed by atoms with Gasteiger partial charge < -0.3 is 4.90 Å². The van der Waals surface area contributed by atoms with Crippen LogP contribution in [0.2, 0.25) is 0 Å². The standard InChI is InChI=1S/C13H14N2O2/c1-14-7-10-11(8-14)13(17)15(12(10)16)9-5-3-2-4-6-9/h2-6,10-11H,7-8H2,1H3. The smallest absolute Gasteiger partial charge is 0.239 e. The molecule has 88 valence electrons. The number of fused-ring (bicyclic) bond motifs is 1. The predicted octanol–water partition coefficient (Wildman–Crippen LogP) is 0.738. The number of nitrogens with zero attached hydrogens (tertiary/aromatic N) is 2. The van der Waals surface area contributed by atoms with Crippen LogP contribution in [0.1, 0.15) is 0 Å². The lowest BCUT2D eigenvalue weighted by Crippen LogP contribution is -2.35. The Balaban J connectivity index is 1.95. The summed E-state index contributed by atoms with van der Waals surface area (Å²) in [6.45, 7) is 1.39. The summed E-state index contributed by atoms with van der Waals surface area (Å²) in [5, 5.41) is 0. The monoisotopic (exact) mass is 230 g/mol. The highest BCUT2D eigenvalue weighted by Crippen LogP contribution is 2.35. The van der Waals surface area contributed by atoms with E-state index in [-0.39, 0.29) is 23.7 Å². The first-order chi connectivity index (χ1) is 8.18. The van der Waals surface area contributed by atoms with Crippen LogP contribution in [0.5, 0.6) is 0 Å². The first-order valence-corrected chi connectivity index (χ1v) is 5.80. The second-order valence-corrected chi connectivity index (χ2v) is 4.78. The second-order valence-electron chi connectivity index (χ2n) is 4.78. The molecule has 4 heteroatoms. The lowest BCUT2D eigenvalue weighted by atomic mass is 10.00. The van der Waals surface area contributed by atoms with Crippen LogP contribution in [0.4, 0.5) is 5.69 Å². The number of para-hydroxylation sites is 1. The van der Waals surface area contributed by atoms with Gasteiger partial charge in [-0.05, 0) is 19.2 Å². The second kappa shape index (κ2) is 3.67. The molecule has 3 rings (SSSR count). The highest BCUT2D eigenvalue weighted by Gasteiger charge is 2.51. The summed E-state index contributed by atoms with van der Waals surface area (Å²) in [5.74, 6) is -0.383.